The van der Waals surface area contributed by atoms with Crippen molar-refractivity contribution in [1.29, 1.82) is 0 Å². The van der Waals surface area contributed by atoms with Crippen molar-refractivity contribution in [3.8, 4) is 0 Å². The fraction of sp³-hybridized carbons (Fsp3) is 0.423. The molecular formula is C26H29ClFN5O4S2. The van der Waals surface area contributed by atoms with Crippen LogP contribution in [0.15, 0.2) is 23.4 Å². The van der Waals surface area contributed by atoms with Gasteiger partial charge in [0.1, 0.15) is 10.8 Å². The molecule has 0 radical (unpaired) electrons. The van der Waals surface area contributed by atoms with Gasteiger partial charge in [0.2, 0.25) is 5.91 Å². The number of hydrogen-bond acceptors (Lipinski definition) is 8. The average Bonchev–Trinajstić information content (AvgIpc) is 3.32. The van der Waals surface area contributed by atoms with Crippen molar-refractivity contribution in [2.45, 2.75) is 62.9 Å². The van der Waals surface area contributed by atoms with Crippen LogP contribution < -0.4 is 10.6 Å². The fourth-order valence-electron chi connectivity index (χ4n) is 4.24. The van der Waals surface area contributed by atoms with Crippen molar-refractivity contribution in [2.75, 3.05) is 11.9 Å². The van der Waals surface area contributed by atoms with Gasteiger partial charge in [0, 0.05) is 11.9 Å². The Labute approximate surface area is 238 Å². The molecule has 0 saturated heterocycles. The first-order valence-corrected chi connectivity index (χ1v) is 14.7. The summed E-state index contributed by atoms with van der Waals surface area (Å²) in [5.41, 5.74) is 1.22. The number of carbonyl (C=O) groups excluding carboxylic acids is 3. The molecule has 39 heavy (non-hydrogen) atoms. The van der Waals surface area contributed by atoms with Crippen molar-refractivity contribution in [2.24, 2.45) is 7.05 Å². The third-order valence-electron chi connectivity index (χ3n) is 6.31. The molecule has 0 spiro atoms. The number of benzene rings is 1. The molecule has 2 amide bonds. The van der Waals surface area contributed by atoms with E-state index in [1.54, 1.807) is 25.5 Å². The number of rotatable bonds is 9. The monoisotopic (exact) mass is 593 g/mol. The zero-order valence-corrected chi connectivity index (χ0v) is 24.2. The topological polar surface area (TPSA) is 115 Å². The Morgan fingerprint density at radius 1 is 1.21 bits per heavy atom. The van der Waals surface area contributed by atoms with E-state index in [1.807, 2.05) is 0 Å². The van der Waals surface area contributed by atoms with Gasteiger partial charge in [0.05, 0.1) is 34.6 Å². The molecule has 2 heterocycles. The maximum Gasteiger partial charge on any atom is 0.341 e. The third-order valence-corrected chi connectivity index (χ3v) is 8.97. The Balaban J connectivity index is 1.42. The number of fused-ring (bicyclic) bond motifs is 1. The smallest absolute Gasteiger partial charge is 0.341 e. The number of amides is 2. The first-order chi connectivity index (χ1) is 18.7. The molecule has 0 aliphatic heterocycles. The van der Waals surface area contributed by atoms with Crippen LogP contribution in [0.2, 0.25) is 5.02 Å². The van der Waals surface area contributed by atoms with Crippen LogP contribution >= 0.6 is 34.7 Å². The number of thioether (sulfide) groups is 1. The molecule has 1 atom stereocenters. The van der Waals surface area contributed by atoms with E-state index in [0.717, 1.165) is 48.6 Å². The van der Waals surface area contributed by atoms with E-state index in [1.165, 1.54) is 35.2 Å². The van der Waals surface area contributed by atoms with Crippen molar-refractivity contribution >= 4 is 57.5 Å². The minimum atomic E-state index is -0.720. The quantitative estimate of drug-likeness (QED) is 0.200. The van der Waals surface area contributed by atoms with Crippen LogP contribution in [0, 0.1) is 5.82 Å². The summed E-state index contributed by atoms with van der Waals surface area (Å²) >= 11 is 8.60. The van der Waals surface area contributed by atoms with Gasteiger partial charge in [-0.05, 0) is 57.2 Å². The van der Waals surface area contributed by atoms with Crippen LogP contribution in [0.5, 0.6) is 0 Å². The Morgan fingerprint density at radius 3 is 2.72 bits per heavy atom. The molecule has 9 nitrogen and oxygen atoms in total. The molecule has 2 N–H and O–H groups in total. The number of nitrogens with zero attached hydrogens (tertiary/aromatic N) is 3. The summed E-state index contributed by atoms with van der Waals surface area (Å²) in [5.74, 6) is -1.67. The molecule has 208 valence electrons. The van der Waals surface area contributed by atoms with Gasteiger partial charge < -0.3 is 19.9 Å². The number of ether oxygens (including phenoxy) is 1. The molecule has 1 aliphatic rings. The lowest BCUT2D eigenvalue weighted by Gasteiger charge is -2.13. The Morgan fingerprint density at radius 2 is 1.97 bits per heavy atom. The number of nitrogens with one attached hydrogen (secondary N) is 2. The minimum Gasteiger partial charge on any atom is -0.462 e. The van der Waals surface area contributed by atoms with Crippen LogP contribution in [-0.4, -0.2) is 44.4 Å². The summed E-state index contributed by atoms with van der Waals surface area (Å²) in [4.78, 5) is 39.5. The maximum atomic E-state index is 14.0. The van der Waals surface area contributed by atoms with Gasteiger partial charge in [0.25, 0.3) is 5.91 Å². The number of hydrogen-bond donors (Lipinski definition) is 2. The van der Waals surface area contributed by atoms with Crippen molar-refractivity contribution in [3.05, 3.63) is 56.4 Å². The van der Waals surface area contributed by atoms with Crippen molar-refractivity contribution in [1.82, 2.24) is 20.1 Å². The van der Waals surface area contributed by atoms with Gasteiger partial charge in [-0.15, -0.1) is 21.5 Å². The molecule has 0 bridgehead atoms. The molecular weight excluding hydrogens is 565 g/mol. The fourth-order valence-corrected chi connectivity index (χ4v) is 6.60. The highest BCUT2D eigenvalue weighted by Crippen LogP contribution is 2.38. The van der Waals surface area contributed by atoms with E-state index in [9.17, 15) is 18.8 Å². The second kappa shape index (κ2) is 12.9. The summed E-state index contributed by atoms with van der Waals surface area (Å²) in [6.45, 7) is 3.73. The van der Waals surface area contributed by atoms with Gasteiger partial charge in [0.15, 0.2) is 11.0 Å². The molecule has 13 heteroatoms. The molecule has 0 saturated carbocycles. The van der Waals surface area contributed by atoms with E-state index < -0.39 is 22.9 Å². The third kappa shape index (κ3) is 6.62. The van der Waals surface area contributed by atoms with Gasteiger partial charge >= 0.3 is 5.97 Å². The Hall–Kier alpha value is -2.96. The number of halogens is 2. The lowest BCUT2D eigenvalue weighted by Crippen LogP contribution is -2.26. The molecule has 2 aromatic heterocycles. The van der Waals surface area contributed by atoms with Gasteiger partial charge in [-0.25, -0.2) is 9.18 Å². The van der Waals surface area contributed by atoms with E-state index in [4.69, 9.17) is 16.3 Å². The SMILES string of the molecule is CCOC(=O)c1c(NC(=O)[C@@H](C)Sc2nnc(CNC(=O)c3c(F)cccc3Cl)n2C)sc2c1CCCCC2. The van der Waals surface area contributed by atoms with E-state index in [2.05, 4.69) is 20.8 Å². The first-order valence-electron chi connectivity index (χ1n) is 12.6. The predicted octanol–water partition coefficient (Wildman–Crippen LogP) is 5.16. The molecule has 0 unspecified atom stereocenters. The first kappa shape index (κ1) is 29.0. The summed E-state index contributed by atoms with van der Waals surface area (Å²) in [6, 6.07) is 4.02. The highest BCUT2D eigenvalue weighted by atomic mass is 35.5. The van der Waals surface area contributed by atoms with Gasteiger partial charge in [-0.1, -0.05) is 35.9 Å². The van der Waals surface area contributed by atoms with Crippen LogP contribution in [0.1, 0.15) is 70.1 Å². The lowest BCUT2D eigenvalue weighted by atomic mass is 10.1. The van der Waals surface area contributed by atoms with Crippen LogP contribution in [0.4, 0.5) is 9.39 Å². The van der Waals surface area contributed by atoms with Crippen LogP contribution in [0.25, 0.3) is 0 Å². The molecule has 1 aromatic carbocycles. The zero-order chi connectivity index (χ0) is 28.1. The molecule has 1 aliphatic carbocycles. The summed E-state index contributed by atoms with van der Waals surface area (Å²) < 4.78 is 21.0. The van der Waals surface area contributed by atoms with Gasteiger partial charge in [-0.2, -0.15) is 0 Å². The number of carbonyl (C=O) groups is 3. The van der Waals surface area contributed by atoms with E-state index in [-0.39, 0.29) is 29.6 Å². The number of esters is 1. The number of aromatic nitrogens is 3. The second-order valence-electron chi connectivity index (χ2n) is 8.98. The minimum absolute atomic E-state index is 0.00908. The van der Waals surface area contributed by atoms with Gasteiger partial charge in [-0.3, -0.25) is 9.59 Å². The maximum absolute atomic E-state index is 14.0. The lowest BCUT2D eigenvalue weighted by molar-refractivity contribution is -0.115. The standard InChI is InChI=1S/C26H29ClFN5O4S2/c1-4-37-25(36)20-15-9-6-5-7-12-18(15)39-24(20)30-22(34)14(2)38-26-32-31-19(33(26)3)13-29-23(35)21-16(27)10-8-11-17(21)28/h8,10-11,14H,4-7,9,12-13H2,1-3H3,(H,29,35)(H,30,34)/t14-/m1/s1. The van der Waals surface area contributed by atoms with Crippen LogP contribution in [0.3, 0.4) is 0 Å². The average molecular weight is 594 g/mol. The Kier molecular flexibility index (Phi) is 9.62. The predicted molar refractivity (Wildman–Crippen MR) is 149 cm³/mol. The number of anilines is 1. The molecule has 4 rings (SSSR count). The molecule has 3 aromatic rings. The zero-order valence-electron chi connectivity index (χ0n) is 21.8. The number of thiophene rings is 1. The highest BCUT2D eigenvalue weighted by Gasteiger charge is 2.28. The van der Waals surface area contributed by atoms with Crippen molar-refractivity contribution < 1.29 is 23.5 Å². The summed E-state index contributed by atoms with van der Waals surface area (Å²) in [6.07, 6.45) is 4.84. The van der Waals surface area contributed by atoms with E-state index in [0.29, 0.717) is 21.5 Å². The summed E-state index contributed by atoms with van der Waals surface area (Å²) in [5, 5.41) is 14.2. The normalized spacial score (nSPS) is 13.8. The highest BCUT2D eigenvalue weighted by molar-refractivity contribution is 8.00. The van der Waals surface area contributed by atoms with E-state index >= 15 is 0 Å². The molecule has 0 fully saturated rings. The number of aryl methyl sites for hydroxylation is 1. The second-order valence-corrected chi connectivity index (χ2v) is 11.8. The van der Waals surface area contributed by atoms with Crippen molar-refractivity contribution in [3.63, 3.8) is 0 Å². The van der Waals surface area contributed by atoms with Crippen LogP contribution in [-0.2, 0) is 36.0 Å². The Bertz CT molecular complexity index is 1370. The summed E-state index contributed by atoms with van der Waals surface area (Å²) in [7, 11) is 1.71. The largest absolute Gasteiger partial charge is 0.462 e.